The molecule has 7 nitrogen and oxygen atoms in total. The summed E-state index contributed by atoms with van der Waals surface area (Å²) in [4.78, 5) is 12.3. The van der Waals surface area contributed by atoms with Crippen molar-refractivity contribution in [3.8, 4) is 11.4 Å². The highest BCUT2D eigenvalue weighted by Crippen LogP contribution is 2.26. The predicted octanol–water partition coefficient (Wildman–Crippen LogP) is 1.77. The molecule has 0 spiro atoms. The molecule has 0 aliphatic heterocycles. The van der Waals surface area contributed by atoms with E-state index in [1.807, 2.05) is 31.3 Å². The molecule has 0 aliphatic rings. The average Bonchev–Trinajstić information content (AvgIpc) is 3.08. The average molecular weight is 282 g/mol. The maximum absolute atomic E-state index is 12.3. The van der Waals surface area contributed by atoms with Crippen LogP contribution in [0.5, 0.6) is 0 Å². The fourth-order valence-corrected chi connectivity index (χ4v) is 2.08. The fourth-order valence-electron chi connectivity index (χ4n) is 2.08. The number of hydrogen-bond donors (Lipinski definition) is 2. The van der Waals surface area contributed by atoms with Gasteiger partial charge in [0.15, 0.2) is 5.82 Å². The zero-order valence-corrected chi connectivity index (χ0v) is 11.7. The highest BCUT2D eigenvalue weighted by atomic mass is 16.1. The normalized spacial score (nSPS) is 10.6. The topological polar surface area (TPSA) is 88.5 Å². The lowest BCUT2D eigenvalue weighted by molar-refractivity contribution is 0.102. The third-order valence-electron chi connectivity index (χ3n) is 3.20. The molecule has 0 aliphatic carbocycles. The molecular formula is C14H14N6O. The third kappa shape index (κ3) is 2.40. The molecule has 3 rings (SSSR count). The van der Waals surface area contributed by atoms with E-state index >= 15 is 0 Å². The van der Waals surface area contributed by atoms with E-state index < -0.39 is 0 Å². The first-order valence-corrected chi connectivity index (χ1v) is 6.41. The molecule has 0 unspecified atom stereocenters. The number of amides is 1. The molecule has 3 aromatic rings. The largest absolute Gasteiger partial charge is 0.321 e. The number of benzene rings is 1. The van der Waals surface area contributed by atoms with Gasteiger partial charge in [-0.25, -0.2) is 0 Å². The number of anilines is 1. The quantitative estimate of drug-likeness (QED) is 0.766. The lowest BCUT2D eigenvalue weighted by Crippen LogP contribution is -2.13. The van der Waals surface area contributed by atoms with Crippen LogP contribution in [-0.4, -0.2) is 30.9 Å². The van der Waals surface area contributed by atoms with Crippen molar-refractivity contribution in [1.82, 2.24) is 25.0 Å². The standard InChI is InChI=1S/C14H14N6O/c1-9-11(7-15-18-9)14(21)17-12-6-4-3-5-10(12)13-19-16-8-20(13)2/h3-8H,1-2H3,(H,15,18)(H,17,21). The zero-order valence-electron chi connectivity index (χ0n) is 11.7. The monoisotopic (exact) mass is 282 g/mol. The van der Waals surface area contributed by atoms with E-state index in [1.165, 1.54) is 6.20 Å². The minimum atomic E-state index is -0.212. The van der Waals surface area contributed by atoms with E-state index in [0.717, 1.165) is 11.3 Å². The van der Waals surface area contributed by atoms with Crippen LogP contribution in [0.3, 0.4) is 0 Å². The molecule has 1 amide bonds. The van der Waals surface area contributed by atoms with Crippen LogP contribution >= 0.6 is 0 Å². The molecule has 106 valence electrons. The Bertz CT molecular complexity index is 788. The molecule has 2 aromatic heterocycles. The molecule has 21 heavy (non-hydrogen) atoms. The van der Waals surface area contributed by atoms with Crippen LogP contribution in [0.25, 0.3) is 11.4 Å². The summed E-state index contributed by atoms with van der Waals surface area (Å²) < 4.78 is 1.80. The van der Waals surface area contributed by atoms with Gasteiger partial charge in [0.25, 0.3) is 5.91 Å². The molecule has 2 N–H and O–H groups in total. The predicted molar refractivity (Wildman–Crippen MR) is 77.7 cm³/mol. The molecule has 0 fully saturated rings. The van der Waals surface area contributed by atoms with Crippen molar-refractivity contribution < 1.29 is 4.79 Å². The van der Waals surface area contributed by atoms with Gasteiger partial charge in [-0.05, 0) is 19.1 Å². The number of rotatable bonds is 3. The van der Waals surface area contributed by atoms with Crippen molar-refractivity contribution in [2.45, 2.75) is 6.92 Å². The first-order chi connectivity index (χ1) is 10.2. The number of nitrogens with one attached hydrogen (secondary N) is 2. The van der Waals surface area contributed by atoms with Gasteiger partial charge in [0.1, 0.15) is 6.33 Å². The zero-order chi connectivity index (χ0) is 14.8. The highest BCUT2D eigenvalue weighted by molar-refractivity contribution is 6.06. The molecule has 0 radical (unpaired) electrons. The molecule has 1 aromatic carbocycles. The van der Waals surface area contributed by atoms with Crippen molar-refractivity contribution in [3.63, 3.8) is 0 Å². The summed E-state index contributed by atoms with van der Waals surface area (Å²) in [6.07, 6.45) is 3.13. The number of para-hydroxylation sites is 1. The smallest absolute Gasteiger partial charge is 0.259 e. The minimum absolute atomic E-state index is 0.212. The lowest BCUT2D eigenvalue weighted by atomic mass is 10.1. The molecule has 0 atom stereocenters. The van der Waals surface area contributed by atoms with Gasteiger partial charge in [-0.3, -0.25) is 9.89 Å². The van der Waals surface area contributed by atoms with Gasteiger partial charge >= 0.3 is 0 Å². The number of aromatic amines is 1. The van der Waals surface area contributed by atoms with Gasteiger partial charge in [0, 0.05) is 18.3 Å². The number of H-pyrrole nitrogens is 1. The number of aromatic nitrogens is 5. The Balaban J connectivity index is 1.95. The Morgan fingerprint density at radius 1 is 1.33 bits per heavy atom. The van der Waals surface area contributed by atoms with E-state index in [0.29, 0.717) is 17.1 Å². The van der Waals surface area contributed by atoms with E-state index in [9.17, 15) is 4.79 Å². The van der Waals surface area contributed by atoms with Crippen molar-refractivity contribution in [2.75, 3.05) is 5.32 Å². The fraction of sp³-hybridized carbons (Fsp3) is 0.143. The maximum Gasteiger partial charge on any atom is 0.259 e. The van der Waals surface area contributed by atoms with Crippen LogP contribution in [0.2, 0.25) is 0 Å². The van der Waals surface area contributed by atoms with E-state index in [1.54, 1.807) is 17.8 Å². The SMILES string of the molecule is Cc1[nH]ncc1C(=O)Nc1ccccc1-c1nncn1C. The summed E-state index contributed by atoms with van der Waals surface area (Å²) in [6, 6.07) is 7.47. The number of carbonyl (C=O) groups excluding carboxylic acids is 1. The minimum Gasteiger partial charge on any atom is -0.321 e. The van der Waals surface area contributed by atoms with Gasteiger partial charge in [-0.2, -0.15) is 5.10 Å². The van der Waals surface area contributed by atoms with Crippen LogP contribution in [0.15, 0.2) is 36.8 Å². The first kappa shape index (κ1) is 13.0. The Kier molecular flexibility index (Phi) is 3.23. The highest BCUT2D eigenvalue weighted by Gasteiger charge is 2.15. The second-order valence-electron chi connectivity index (χ2n) is 4.67. The third-order valence-corrected chi connectivity index (χ3v) is 3.20. The Morgan fingerprint density at radius 2 is 2.14 bits per heavy atom. The maximum atomic E-state index is 12.3. The Hall–Kier alpha value is -2.96. The Labute approximate surface area is 121 Å². The van der Waals surface area contributed by atoms with Gasteiger partial charge < -0.3 is 9.88 Å². The summed E-state index contributed by atoms with van der Waals surface area (Å²) in [6.45, 7) is 1.80. The van der Waals surface area contributed by atoms with Crippen LogP contribution in [-0.2, 0) is 7.05 Å². The van der Waals surface area contributed by atoms with Gasteiger partial charge in [-0.1, -0.05) is 12.1 Å². The number of aryl methyl sites for hydroxylation is 2. The van der Waals surface area contributed by atoms with Crippen molar-refractivity contribution in [1.29, 1.82) is 0 Å². The van der Waals surface area contributed by atoms with Crippen LogP contribution in [0.1, 0.15) is 16.1 Å². The van der Waals surface area contributed by atoms with E-state index in [-0.39, 0.29) is 5.91 Å². The lowest BCUT2D eigenvalue weighted by Gasteiger charge is -2.10. The number of carbonyl (C=O) groups is 1. The second kappa shape index (κ2) is 5.20. The van der Waals surface area contributed by atoms with E-state index in [4.69, 9.17) is 0 Å². The first-order valence-electron chi connectivity index (χ1n) is 6.41. The second-order valence-corrected chi connectivity index (χ2v) is 4.67. The molecule has 0 saturated carbocycles. The van der Waals surface area contributed by atoms with Gasteiger partial charge in [0.2, 0.25) is 0 Å². The summed E-state index contributed by atoms with van der Waals surface area (Å²) in [5.74, 6) is 0.477. The van der Waals surface area contributed by atoms with Crippen LogP contribution in [0, 0.1) is 6.92 Å². The van der Waals surface area contributed by atoms with Crippen LogP contribution < -0.4 is 5.32 Å². The van der Waals surface area contributed by atoms with Crippen LogP contribution in [0.4, 0.5) is 5.69 Å². The van der Waals surface area contributed by atoms with Gasteiger partial charge in [-0.15, -0.1) is 10.2 Å². The van der Waals surface area contributed by atoms with E-state index in [2.05, 4.69) is 25.7 Å². The Morgan fingerprint density at radius 3 is 2.81 bits per heavy atom. The molecule has 7 heteroatoms. The van der Waals surface area contributed by atoms with Crippen molar-refractivity contribution in [3.05, 3.63) is 48.0 Å². The number of hydrogen-bond acceptors (Lipinski definition) is 4. The van der Waals surface area contributed by atoms with Crippen molar-refractivity contribution in [2.24, 2.45) is 7.05 Å². The molecular weight excluding hydrogens is 268 g/mol. The summed E-state index contributed by atoms with van der Waals surface area (Å²) >= 11 is 0. The molecule has 0 saturated heterocycles. The van der Waals surface area contributed by atoms with Gasteiger partial charge in [0.05, 0.1) is 17.4 Å². The summed E-state index contributed by atoms with van der Waals surface area (Å²) in [5, 5.41) is 17.4. The summed E-state index contributed by atoms with van der Waals surface area (Å²) in [5.41, 5.74) is 2.73. The molecule has 2 heterocycles. The number of nitrogens with zero attached hydrogens (tertiary/aromatic N) is 4. The van der Waals surface area contributed by atoms with Crippen molar-refractivity contribution >= 4 is 11.6 Å². The summed E-state index contributed by atoms with van der Waals surface area (Å²) in [7, 11) is 1.86. The molecule has 0 bridgehead atoms.